The Labute approximate surface area is 116 Å². The maximum absolute atomic E-state index is 11.8. The molecular weight excluding hydrogens is 290 g/mol. The molecule has 0 aromatic carbocycles. The number of sulfonamides is 1. The molecule has 1 rings (SSSR count). The smallest absolute Gasteiger partial charge is 0.265 e. The summed E-state index contributed by atoms with van der Waals surface area (Å²) in [6, 6.07) is 0. The van der Waals surface area contributed by atoms with E-state index in [1.54, 1.807) is 7.05 Å². The van der Waals surface area contributed by atoms with E-state index < -0.39 is 15.9 Å². The summed E-state index contributed by atoms with van der Waals surface area (Å²) in [4.78, 5) is 16.0. The second kappa shape index (κ2) is 6.17. The van der Waals surface area contributed by atoms with Crippen molar-refractivity contribution in [3.63, 3.8) is 0 Å². The fourth-order valence-corrected chi connectivity index (χ4v) is 2.64. The predicted molar refractivity (Wildman–Crippen MR) is 75.9 cm³/mol. The minimum atomic E-state index is -3.32. The molecule has 0 saturated carbocycles. The standard InChI is InChI=1S/C9H17N5O3S2/c1-11-9-13-7(10)6(18-9)8(15)12-4-5-19(16,17)14(2)3/h4-5,10H2,1-3H3,(H,11,13)(H,12,15). The minimum Gasteiger partial charge on any atom is -0.382 e. The van der Waals surface area contributed by atoms with Crippen molar-refractivity contribution in [2.45, 2.75) is 0 Å². The highest BCUT2D eigenvalue weighted by Gasteiger charge is 2.17. The Balaban J connectivity index is 2.59. The van der Waals surface area contributed by atoms with Gasteiger partial charge in [0.25, 0.3) is 5.91 Å². The fourth-order valence-electron chi connectivity index (χ4n) is 1.16. The predicted octanol–water partition coefficient (Wildman–Crippen LogP) is -0.612. The van der Waals surface area contributed by atoms with Gasteiger partial charge in [0, 0.05) is 27.7 Å². The number of rotatable bonds is 6. The van der Waals surface area contributed by atoms with Gasteiger partial charge in [0.1, 0.15) is 10.7 Å². The quantitative estimate of drug-likeness (QED) is 0.645. The Hall–Kier alpha value is -1.39. The van der Waals surface area contributed by atoms with Crippen molar-refractivity contribution >= 4 is 38.2 Å². The molecule has 1 aromatic heterocycles. The van der Waals surface area contributed by atoms with E-state index in [0.29, 0.717) is 5.13 Å². The van der Waals surface area contributed by atoms with E-state index in [1.165, 1.54) is 14.1 Å². The summed E-state index contributed by atoms with van der Waals surface area (Å²) in [5.74, 6) is -0.462. The molecule has 0 spiro atoms. The first-order valence-electron chi connectivity index (χ1n) is 5.40. The molecule has 0 fully saturated rings. The van der Waals surface area contributed by atoms with E-state index in [9.17, 15) is 13.2 Å². The number of nitrogens with one attached hydrogen (secondary N) is 2. The minimum absolute atomic E-state index is 0.0194. The zero-order valence-corrected chi connectivity index (χ0v) is 12.6. The molecule has 19 heavy (non-hydrogen) atoms. The Morgan fingerprint density at radius 1 is 1.47 bits per heavy atom. The number of thiazole rings is 1. The number of amides is 1. The lowest BCUT2D eigenvalue weighted by molar-refractivity contribution is 0.0961. The third kappa shape index (κ3) is 4.04. The highest BCUT2D eigenvalue weighted by atomic mass is 32.2. The Kier molecular flexibility index (Phi) is 5.09. The zero-order valence-electron chi connectivity index (χ0n) is 10.9. The maximum Gasteiger partial charge on any atom is 0.265 e. The number of hydrogen-bond donors (Lipinski definition) is 3. The summed E-state index contributed by atoms with van der Waals surface area (Å²) in [7, 11) is 1.23. The van der Waals surface area contributed by atoms with Crippen molar-refractivity contribution in [2.75, 3.05) is 44.5 Å². The van der Waals surface area contributed by atoms with Gasteiger partial charge in [-0.05, 0) is 0 Å². The number of nitrogen functional groups attached to an aromatic ring is 1. The van der Waals surface area contributed by atoms with Crippen LogP contribution in [0.3, 0.4) is 0 Å². The highest BCUT2D eigenvalue weighted by molar-refractivity contribution is 7.89. The van der Waals surface area contributed by atoms with Gasteiger partial charge in [0.2, 0.25) is 10.0 Å². The van der Waals surface area contributed by atoms with Gasteiger partial charge in [0.15, 0.2) is 5.13 Å². The summed E-state index contributed by atoms with van der Waals surface area (Å²) in [5, 5.41) is 5.82. The monoisotopic (exact) mass is 307 g/mol. The van der Waals surface area contributed by atoms with E-state index in [0.717, 1.165) is 15.6 Å². The van der Waals surface area contributed by atoms with Gasteiger partial charge in [-0.3, -0.25) is 4.79 Å². The second-order valence-corrected chi connectivity index (χ2v) is 7.14. The SMILES string of the molecule is CNc1nc(N)c(C(=O)NCCS(=O)(=O)N(C)C)s1. The van der Waals surface area contributed by atoms with Gasteiger partial charge in [-0.1, -0.05) is 11.3 Å². The van der Waals surface area contributed by atoms with Crippen molar-refractivity contribution in [1.82, 2.24) is 14.6 Å². The Morgan fingerprint density at radius 2 is 2.11 bits per heavy atom. The van der Waals surface area contributed by atoms with Crippen LogP contribution in [0.5, 0.6) is 0 Å². The number of carbonyl (C=O) groups is 1. The van der Waals surface area contributed by atoms with Crippen LogP contribution in [0, 0.1) is 0 Å². The summed E-state index contributed by atoms with van der Waals surface area (Å²) < 4.78 is 24.1. The summed E-state index contributed by atoms with van der Waals surface area (Å²) in [6.07, 6.45) is 0. The van der Waals surface area contributed by atoms with Crippen LogP contribution in [0.1, 0.15) is 9.67 Å². The molecule has 108 valence electrons. The lowest BCUT2D eigenvalue weighted by Crippen LogP contribution is -2.33. The van der Waals surface area contributed by atoms with Crippen molar-refractivity contribution in [3.05, 3.63) is 4.88 Å². The van der Waals surface area contributed by atoms with E-state index in [4.69, 9.17) is 5.73 Å². The van der Waals surface area contributed by atoms with Gasteiger partial charge in [-0.15, -0.1) is 0 Å². The van der Waals surface area contributed by atoms with Crippen LogP contribution >= 0.6 is 11.3 Å². The third-order valence-electron chi connectivity index (χ3n) is 2.28. The molecule has 0 atom stereocenters. The summed E-state index contributed by atoms with van der Waals surface area (Å²) >= 11 is 1.11. The van der Waals surface area contributed by atoms with E-state index in [-0.39, 0.29) is 23.0 Å². The molecule has 0 aliphatic heterocycles. The molecule has 10 heteroatoms. The molecule has 0 aliphatic carbocycles. The lowest BCUT2D eigenvalue weighted by atomic mass is 10.4. The molecule has 1 heterocycles. The fraction of sp³-hybridized carbons (Fsp3) is 0.556. The second-order valence-electron chi connectivity index (χ2n) is 3.84. The van der Waals surface area contributed by atoms with Crippen LogP contribution in [0.4, 0.5) is 10.9 Å². The molecule has 0 bridgehead atoms. The molecule has 4 N–H and O–H groups in total. The van der Waals surface area contributed by atoms with Crippen LogP contribution < -0.4 is 16.4 Å². The molecule has 0 radical (unpaired) electrons. The Morgan fingerprint density at radius 3 is 2.58 bits per heavy atom. The number of anilines is 2. The van der Waals surface area contributed by atoms with Crippen molar-refractivity contribution in [2.24, 2.45) is 0 Å². The average molecular weight is 307 g/mol. The zero-order chi connectivity index (χ0) is 14.6. The molecule has 8 nitrogen and oxygen atoms in total. The largest absolute Gasteiger partial charge is 0.382 e. The maximum atomic E-state index is 11.8. The van der Waals surface area contributed by atoms with E-state index in [2.05, 4.69) is 15.6 Å². The Bertz CT molecular complexity index is 552. The number of carbonyl (C=O) groups excluding carboxylic acids is 1. The number of aromatic nitrogens is 1. The first-order chi connectivity index (χ1) is 8.77. The third-order valence-corrected chi connectivity index (χ3v) is 5.20. The first kappa shape index (κ1) is 15.7. The van der Waals surface area contributed by atoms with E-state index in [1.807, 2.05) is 0 Å². The summed E-state index contributed by atoms with van der Waals surface area (Å²) in [5.41, 5.74) is 5.60. The van der Waals surface area contributed by atoms with Crippen LogP contribution in [-0.2, 0) is 10.0 Å². The molecule has 0 unspecified atom stereocenters. The van der Waals surface area contributed by atoms with Gasteiger partial charge in [-0.25, -0.2) is 17.7 Å². The number of nitrogens with zero attached hydrogens (tertiary/aromatic N) is 2. The van der Waals surface area contributed by atoms with Gasteiger partial charge >= 0.3 is 0 Å². The summed E-state index contributed by atoms with van der Waals surface area (Å²) in [6.45, 7) is 0.0194. The molecule has 0 aliphatic rings. The highest BCUT2D eigenvalue weighted by Crippen LogP contribution is 2.23. The van der Waals surface area contributed by atoms with Crippen LogP contribution in [0.25, 0.3) is 0 Å². The van der Waals surface area contributed by atoms with Gasteiger partial charge in [0.05, 0.1) is 5.75 Å². The van der Waals surface area contributed by atoms with Crippen LogP contribution in [0.2, 0.25) is 0 Å². The van der Waals surface area contributed by atoms with Crippen molar-refractivity contribution in [3.8, 4) is 0 Å². The van der Waals surface area contributed by atoms with Gasteiger partial charge < -0.3 is 16.4 Å². The van der Waals surface area contributed by atoms with Crippen LogP contribution in [0.15, 0.2) is 0 Å². The van der Waals surface area contributed by atoms with Crippen molar-refractivity contribution in [1.29, 1.82) is 0 Å². The number of hydrogen-bond acceptors (Lipinski definition) is 7. The first-order valence-corrected chi connectivity index (χ1v) is 7.83. The normalized spacial score (nSPS) is 11.6. The number of nitrogens with two attached hydrogens (primary N) is 1. The lowest BCUT2D eigenvalue weighted by Gasteiger charge is -2.11. The molecular formula is C9H17N5O3S2. The topological polar surface area (TPSA) is 117 Å². The average Bonchev–Trinajstić information content (AvgIpc) is 2.70. The molecule has 0 saturated heterocycles. The molecule has 1 aromatic rings. The molecule has 1 amide bonds. The van der Waals surface area contributed by atoms with Crippen LogP contribution in [-0.4, -0.2) is 57.1 Å². The van der Waals surface area contributed by atoms with E-state index >= 15 is 0 Å². The van der Waals surface area contributed by atoms with Crippen molar-refractivity contribution < 1.29 is 13.2 Å². The van der Waals surface area contributed by atoms with Gasteiger partial charge in [-0.2, -0.15) is 0 Å².